The number of oxazole rings is 1. The van der Waals surface area contributed by atoms with Gasteiger partial charge in [-0.3, -0.25) is 9.48 Å². The maximum absolute atomic E-state index is 11.0. The van der Waals surface area contributed by atoms with Gasteiger partial charge in [-0.25, -0.2) is 4.98 Å². The Morgan fingerprint density at radius 2 is 2.00 bits per heavy atom. The molecule has 4 rings (SSSR count). The monoisotopic (exact) mass is 377 g/mol. The minimum absolute atomic E-state index is 0.187. The molecular formula is C21H19N3O4. The molecule has 7 nitrogen and oxygen atoms in total. The number of hydrogen-bond donors (Lipinski definition) is 1. The standard InChI is InChI=1S/C21H19N3O4/c1-14-17(23-21(28-14)15-6-3-2-4-7-15)10-11-27-19-9-5-8-18-16(19)12-22-24(18)13-20(25)26/h2-9,12H,10-11,13H2,1H3,(H,25,26). The number of carboxylic acid groups (broad SMARTS) is 1. The Morgan fingerprint density at radius 1 is 1.18 bits per heavy atom. The highest BCUT2D eigenvalue weighted by atomic mass is 16.5. The molecule has 0 fully saturated rings. The van der Waals surface area contributed by atoms with E-state index in [-0.39, 0.29) is 6.54 Å². The lowest BCUT2D eigenvalue weighted by Crippen LogP contribution is -2.09. The molecule has 0 spiro atoms. The van der Waals surface area contributed by atoms with Gasteiger partial charge in [0, 0.05) is 12.0 Å². The highest BCUT2D eigenvalue weighted by Gasteiger charge is 2.13. The zero-order valence-electron chi connectivity index (χ0n) is 15.3. The molecule has 0 atom stereocenters. The molecule has 2 heterocycles. The lowest BCUT2D eigenvalue weighted by atomic mass is 10.2. The first-order valence-electron chi connectivity index (χ1n) is 8.92. The van der Waals surface area contributed by atoms with E-state index in [9.17, 15) is 4.79 Å². The minimum atomic E-state index is -0.938. The molecule has 0 saturated heterocycles. The number of aliphatic carboxylic acids is 1. The van der Waals surface area contributed by atoms with E-state index in [0.29, 0.717) is 24.7 Å². The van der Waals surface area contributed by atoms with Gasteiger partial charge in [0.1, 0.15) is 18.1 Å². The van der Waals surface area contributed by atoms with Crippen LogP contribution in [0.2, 0.25) is 0 Å². The second kappa shape index (κ2) is 7.56. The van der Waals surface area contributed by atoms with Gasteiger partial charge >= 0.3 is 5.97 Å². The van der Waals surface area contributed by atoms with Crippen LogP contribution in [-0.2, 0) is 17.8 Å². The summed E-state index contributed by atoms with van der Waals surface area (Å²) in [6, 6.07) is 15.3. The van der Waals surface area contributed by atoms with E-state index in [1.807, 2.05) is 55.5 Å². The largest absolute Gasteiger partial charge is 0.492 e. The molecule has 0 aliphatic heterocycles. The number of aromatic nitrogens is 3. The summed E-state index contributed by atoms with van der Waals surface area (Å²) in [6.45, 7) is 2.13. The summed E-state index contributed by atoms with van der Waals surface area (Å²) in [7, 11) is 0. The van der Waals surface area contributed by atoms with Gasteiger partial charge in [-0.2, -0.15) is 5.10 Å². The summed E-state index contributed by atoms with van der Waals surface area (Å²) in [6.07, 6.45) is 2.23. The van der Waals surface area contributed by atoms with E-state index in [2.05, 4.69) is 10.1 Å². The number of carboxylic acids is 1. The van der Waals surface area contributed by atoms with Crippen molar-refractivity contribution in [1.82, 2.24) is 14.8 Å². The maximum atomic E-state index is 11.0. The first-order chi connectivity index (χ1) is 13.6. The van der Waals surface area contributed by atoms with Gasteiger partial charge in [0.15, 0.2) is 0 Å². The van der Waals surface area contributed by atoms with Crippen molar-refractivity contribution < 1.29 is 19.1 Å². The molecule has 0 amide bonds. The normalized spacial score (nSPS) is 11.0. The molecule has 2 aromatic carbocycles. The molecule has 0 bridgehead atoms. The molecule has 28 heavy (non-hydrogen) atoms. The van der Waals surface area contributed by atoms with Crippen LogP contribution in [0.15, 0.2) is 59.1 Å². The van der Waals surface area contributed by atoms with Crippen LogP contribution in [0.4, 0.5) is 0 Å². The average Bonchev–Trinajstić information content (AvgIpc) is 3.27. The van der Waals surface area contributed by atoms with Crippen molar-refractivity contribution in [1.29, 1.82) is 0 Å². The number of rotatable bonds is 7. The number of fused-ring (bicyclic) bond motifs is 1. The summed E-state index contributed by atoms with van der Waals surface area (Å²) in [4.78, 5) is 15.5. The molecule has 7 heteroatoms. The van der Waals surface area contributed by atoms with Gasteiger partial charge in [-0.05, 0) is 31.2 Å². The quantitative estimate of drug-likeness (QED) is 0.528. The highest BCUT2D eigenvalue weighted by Crippen LogP contribution is 2.26. The lowest BCUT2D eigenvalue weighted by molar-refractivity contribution is -0.137. The SMILES string of the molecule is Cc1oc(-c2ccccc2)nc1CCOc1cccc2c1cnn2CC(=O)O. The van der Waals surface area contributed by atoms with E-state index in [1.165, 1.54) is 4.68 Å². The fourth-order valence-corrected chi connectivity index (χ4v) is 3.08. The van der Waals surface area contributed by atoms with Crippen molar-refractivity contribution in [2.24, 2.45) is 0 Å². The van der Waals surface area contributed by atoms with Crippen molar-refractivity contribution in [3.8, 4) is 17.2 Å². The number of hydrogen-bond acceptors (Lipinski definition) is 5. The Labute approximate surface area is 161 Å². The van der Waals surface area contributed by atoms with Crippen molar-refractivity contribution >= 4 is 16.9 Å². The van der Waals surface area contributed by atoms with Gasteiger partial charge in [0.2, 0.25) is 5.89 Å². The molecule has 0 radical (unpaired) electrons. The first kappa shape index (κ1) is 17.8. The van der Waals surface area contributed by atoms with Gasteiger partial charge in [0.05, 0.1) is 29.4 Å². The third kappa shape index (κ3) is 3.59. The van der Waals surface area contributed by atoms with E-state index in [1.54, 1.807) is 6.20 Å². The Morgan fingerprint density at radius 3 is 2.79 bits per heavy atom. The lowest BCUT2D eigenvalue weighted by Gasteiger charge is -2.07. The first-order valence-corrected chi connectivity index (χ1v) is 8.92. The maximum Gasteiger partial charge on any atom is 0.325 e. The van der Waals surface area contributed by atoms with Crippen molar-refractivity contribution in [2.75, 3.05) is 6.61 Å². The predicted octanol–water partition coefficient (Wildman–Crippen LogP) is 3.71. The highest BCUT2D eigenvalue weighted by molar-refractivity contribution is 5.86. The summed E-state index contributed by atoms with van der Waals surface area (Å²) >= 11 is 0. The molecule has 0 aliphatic carbocycles. The zero-order valence-corrected chi connectivity index (χ0v) is 15.3. The van der Waals surface area contributed by atoms with Crippen LogP contribution in [0.25, 0.3) is 22.4 Å². The van der Waals surface area contributed by atoms with Crippen LogP contribution in [0.3, 0.4) is 0 Å². The number of aryl methyl sites for hydroxylation is 1. The molecule has 142 valence electrons. The number of ether oxygens (including phenoxy) is 1. The van der Waals surface area contributed by atoms with Gasteiger partial charge in [0.25, 0.3) is 0 Å². The van der Waals surface area contributed by atoms with E-state index in [4.69, 9.17) is 14.3 Å². The Hall–Kier alpha value is -3.61. The second-order valence-electron chi connectivity index (χ2n) is 6.37. The Kier molecular flexibility index (Phi) is 4.80. The number of carbonyl (C=O) groups is 1. The Balaban J connectivity index is 1.47. The van der Waals surface area contributed by atoms with Crippen molar-refractivity contribution in [3.63, 3.8) is 0 Å². The molecule has 0 saturated carbocycles. The van der Waals surface area contributed by atoms with Crippen molar-refractivity contribution in [3.05, 3.63) is 66.2 Å². The summed E-state index contributed by atoms with van der Waals surface area (Å²) in [5, 5.41) is 13.9. The topological polar surface area (TPSA) is 90.4 Å². The summed E-state index contributed by atoms with van der Waals surface area (Å²) in [5.41, 5.74) is 2.52. The number of benzene rings is 2. The van der Waals surface area contributed by atoms with Crippen LogP contribution >= 0.6 is 0 Å². The third-order valence-corrected chi connectivity index (χ3v) is 4.44. The summed E-state index contributed by atoms with van der Waals surface area (Å²) < 4.78 is 13.2. The van der Waals surface area contributed by atoms with Crippen LogP contribution in [-0.4, -0.2) is 32.4 Å². The van der Waals surface area contributed by atoms with Gasteiger partial charge < -0.3 is 14.3 Å². The van der Waals surface area contributed by atoms with Gasteiger partial charge in [-0.15, -0.1) is 0 Å². The van der Waals surface area contributed by atoms with Crippen LogP contribution < -0.4 is 4.74 Å². The molecule has 0 aliphatic rings. The minimum Gasteiger partial charge on any atom is -0.492 e. The van der Waals surface area contributed by atoms with Crippen molar-refractivity contribution in [2.45, 2.75) is 19.9 Å². The smallest absolute Gasteiger partial charge is 0.325 e. The van der Waals surface area contributed by atoms with E-state index >= 15 is 0 Å². The predicted molar refractivity (Wildman–Crippen MR) is 103 cm³/mol. The number of nitrogens with zero attached hydrogens (tertiary/aromatic N) is 3. The van der Waals surface area contributed by atoms with Crippen LogP contribution in [0, 0.1) is 6.92 Å². The average molecular weight is 377 g/mol. The van der Waals surface area contributed by atoms with E-state index < -0.39 is 5.97 Å². The zero-order chi connectivity index (χ0) is 19.5. The van der Waals surface area contributed by atoms with Crippen LogP contribution in [0.1, 0.15) is 11.5 Å². The van der Waals surface area contributed by atoms with E-state index in [0.717, 1.165) is 27.9 Å². The van der Waals surface area contributed by atoms with Crippen LogP contribution in [0.5, 0.6) is 5.75 Å². The molecule has 0 unspecified atom stereocenters. The molecular weight excluding hydrogens is 358 g/mol. The Bertz CT molecular complexity index is 1120. The molecule has 1 N–H and O–H groups in total. The fraction of sp³-hybridized carbons (Fsp3) is 0.190. The fourth-order valence-electron chi connectivity index (χ4n) is 3.08. The van der Waals surface area contributed by atoms with Gasteiger partial charge in [-0.1, -0.05) is 24.3 Å². The molecule has 4 aromatic rings. The third-order valence-electron chi connectivity index (χ3n) is 4.44. The molecule has 2 aromatic heterocycles. The second-order valence-corrected chi connectivity index (χ2v) is 6.37. The summed E-state index contributed by atoms with van der Waals surface area (Å²) in [5.74, 6) is 1.10.